The molecule has 1 N–H and O–H groups in total. The zero-order valence-electron chi connectivity index (χ0n) is 11.5. The molecule has 1 heterocycles. The van der Waals surface area contributed by atoms with E-state index < -0.39 is 0 Å². The monoisotopic (exact) mass is 275 g/mol. The molecule has 1 aliphatic carbocycles. The number of aryl methyl sites for hydroxylation is 1. The highest BCUT2D eigenvalue weighted by Crippen LogP contribution is 2.20. The van der Waals surface area contributed by atoms with Gasteiger partial charge in [-0.25, -0.2) is 4.39 Å². The zero-order chi connectivity index (χ0) is 13.9. The van der Waals surface area contributed by atoms with Crippen molar-refractivity contribution in [3.8, 4) is 5.75 Å². The number of ether oxygens (including phenoxy) is 1. The maximum atomic E-state index is 13.8. The SMILES string of the molecule is Cn1cc(OCc2cc(CNC3CC3)ccc2F)cn1. The summed E-state index contributed by atoms with van der Waals surface area (Å²) in [5.74, 6) is 0.414. The lowest BCUT2D eigenvalue weighted by Gasteiger charge is -2.08. The highest BCUT2D eigenvalue weighted by Gasteiger charge is 2.20. The van der Waals surface area contributed by atoms with E-state index in [1.54, 1.807) is 17.1 Å². The van der Waals surface area contributed by atoms with Crippen molar-refractivity contribution in [3.05, 3.63) is 47.5 Å². The van der Waals surface area contributed by atoms with Crippen LogP contribution in [0.25, 0.3) is 0 Å². The molecule has 3 rings (SSSR count). The van der Waals surface area contributed by atoms with Crippen molar-refractivity contribution in [2.24, 2.45) is 7.05 Å². The topological polar surface area (TPSA) is 39.1 Å². The summed E-state index contributed by atoms with van der Waals surface area (Å²) in [6.07, 6.45) is 5.88. The molecule has 0 amide bonds. The Hall–Kier alpha value is -1.88. The van der Waals surface area contributed by atoms with Crippen LogP contribution in [0, 0.1) is 5.82 Å². The number of nitrogens with zero attached hydrogens (tertiary/aromatic N) is 2. The average molecular weight is 275 g/mol. The van der Waals surface area contributed by atoms with Crippen LogP contribution in [0.4, 0.5) is 4.39 Å². The molecule has 1 saturated carbocycles. The molecule has 20 heavy (non-hydrogen) atoms. The number of nitrogens with one attached hydrogen (secondary N) is 1. The van der Waals surface area contributed by atoms with E-state index in [0.717, 1.165) is 12.1 Å². The first kappa shape index (κ1) is 13.1. The van der Waals surface area contributed by atoms with Crippen molar-refractivity contribution >= 4 is 0 Å². The van der Waals surface area contributed by atoms with Crippen molar-refractivity contribution in [1.82, 2.24) is 15.1 Å². The van der Waals surface area contributed by atoms with Gasteiger partial charge in [-0.3, -0.25) is 4.68 Å². The summed E-state index contributed by atoms with van der Waals surface area (Å²) in [7, 11) is 1.82. The minimum atomic E-state index is -0.232. The van der Waals surface area contributed by atoms with Crippen molar-refractivity contribution in [2.45, 2.75) is 32.0 Å². The second-order valence-corrected chi connectivity index (χ2v) is 5.22. The third-order valence-corrected chi connectivity index (χ3v) is 3.36. The van der Waals surface area contributed by atoms with E-state index in [1.165, 1.54) is 18.9 Å². The van der Waals surface area contributed by atoms with Crippen LogP contribution in [-0.4, -0.2) is 15.8 Å². The van der Waals surface area contributed by atoms with Gasteiger partial charge in [0.15, 0.2) is 5.75 Å². The molecule has 0 aliphatic heterocycles. The predicted octanol–water partition coefficient (Wildman–Crippen LogP) is 2.39. The molecule has 0 spiro atoms. The van der Waals surface area contributed by atoms with E-state index in [2.05, 4.69) is 10.4 Å². The molecule has 1 aromatic heterocycles. The molecule has 0 atom stereocenters. The summed E-state index contributed by atoms with van der Waals surface area (Å²) < 4.78 is 21.0. The van der Waals surface area contributed by atoms with Gasteiger partial charge in [-0.15, -0.1) is 0 Å². The van der Waals surface area contributed by atoms with Crippen LogP contribution in [0.3, 0.4) is 0 Å². The Bertz CT molecular complexity index is 593. The van der Waals surface area contributed by atoms with E-state index in [-0.39, 0.29) is 12.4 Å². The van der Waals surface area contributed by atoms with Crippen LogP contribution < -0.4 is 10.1 Å². The van der Waals surface area contributed by atoms with E-state index in [9.17, 15) is 4.39 Å². The molecule has 1 aromatic carbocycles. The Kier molecular flexibility index (Phi) is 3.69. The van der Waals surface area contributed by atoms with Gasteiger partial charge in [-0.05, 0) is 30.5 Å². The van der Waals surface area contributed by atoms with Gasteiger partial charge in [0.2, 0.25) is 0 Å². The van der Waals surface area contributed by atoms with Gasteiger partial charge in [0, 0.05) is 25.2 Å². The Morgan fingerprint density at radius 1 is 1.45 bits per heavy atom. The molecule has 0 radical (unpaired) electrons. The van der Waals surface area contributed by atoms with Gasteiger partial charge < -0.3 is 10.1 Å². The fourth-order valence-electron chi connectivity index (χ4n) is 2.03. The van der Waals surface area contributed by atoms with Crippen molar-refractivity contribution in [2.75, 3.05) is 0 Å². The van der Waals surface area contributed by atoms with Crippen LogP contribution in [0.1, 0.15) is 24.0 Å². The first-order chi connectivity index (χ1) is 9.70. The van der Waals surface area contributed by atoms with Crippen molar-refractivity contribution < 1.29 is 9.13 Å². The van der Waals surface area contributed by atoms with E-state index >= 15 is 0 Å². The molecule has 2 aromatic rings. The minimum Gasteiger partial charge on any atom is -0.486 e. The van der Waals surface area contributed by atoms with Crippen molar-refractivity contribution in [3.63, 3.8) is 0 Å². The maximum absolute atomic E-state index is 13.8. The third kappa shape index (κ3) is 3.36. The largest absolute Gasteiger partial charge is 0.486 e. The summed E-state index contributed by atoms with van der Waals surface area (Å²) in [4.78, 5) is 0. The standard InChI is InChI=1S/C15H18FN3O/c1-19-9-14(8-18-19)20-10-12-6-11(2-5-15(12)16)7-17-13-3-4-13/h2,5-6,8-9,13,17H,3-4,7,10H2,1H3. The Labute approximate surface area is 117 Å². The molecule has 1 aliphatic rings. The molecule has 0 unspecified atom stereocenters. The predicted molar refractivity (Wildman–Crippen MR) is 73.8 cm³/mol. The number of aromatic nitrogens is 2. The van der Waals surface area contributed by atoms with E-state index in [4.69, 9.17) is 4.74 Å². The zero-order valence-corrected chi connectivity index (χ0v) is 11.5. The first-order valence-electron chi connectivity index (χ1n) is 6.83. The number of rotatable bonds is 6. The van der Waals surface area contributed by atoms with Crippen LogP contribution in [0.5, 0.6) is 5.75 Å². The lowest BCUT2D eigenvalue weighted by molar-refractivity contribution is 0.299. The van der Waals surface area contributed by atoms with Crippen molar-refractivity contribution in [1.29, 1.82) is 0 Å². The maximum Gasteiger partial charge on any atom is 0.157 e. The molecule has 5 heteroatoms. The molecular weight excluding hydrogens is 257 g/mol. The second-order valence-electron chi connectivity index (χ2n) is 5.22. The minimum absolute atomic E-state index is 0.217. The van der Waals surface area contributed by atoms with Gasteiger partial charge in [0.25, 0.3) is 0 Å². The van der Waals surface area contributed by atoms with Crippen LogP contribution in [-0.2, 0) is 20.2 Å². The molecule has 106 valence electrons. The highest BCUT2D eigenvalue weighted by molar-refractivity contribution is 5.25. The third-order valence-electron chi connectivity index (χ3n) is 3.36. The molecular formula is C15H18FN3O. The van der Waals surface area contributed by atoms with Gasteiger partial charge in [-0.2, -0.15) is 5.10 Å². The van der Waals surface area contributed by atoms with E-state index in [1.807, 2.05) is 19.2 Å². The number of halogens is 1. The van der Waals surface area contributed by atoms with Gasteiger partial charge in [0.05, 0.1) is 12.4 Å². The smallest absolute Gasteiger partial charge is 0.157 e. The Balaban J connectivity index is 1.62. The number of hydrogen-bond acceptors (Lipinski definition) is 3. The summed E-state index contributed by atoms with van der Waals surface area (Å²) in [6.45, 7) is 1.000. The van der Waals surface area contributed by atoms with Gasteiger partial charge in [-0.1, -0.05) is 6.07 Å². The normalized spacial score (nSPS) is 14.5. The number of benzene rings is 1. The molecule has 4 nitrogen and oxygen atoms in total. The quantitative estimate of drug-likeness (QED) is 0.880. The molecule has 1 fully saturated rings. The summed E-state index contributed by atoms with van der Waals surface area (Å²) in [5.41, 5.74) is 1.66. The van der Waals surface area contributed by atoms with Crippen LogP contribution >= 0.6 is 0 Å². The summed E-state index contributed by atoms with van der Waals surface area (Å²) in [5, 5.41) is 7.43. The fraction of sp³-hybridized carbons (Fsp3) is 0.400. The lowest BCUT2D eigenvalue weighted by Crippen LogP contribution is -2.15. The van der Waals surface area contributed by atoms with Gasteiger partial charge in [0.1, 0.15) is 12.4 Å². The molecule has 0 saturated heterocycles. The summed E-state index contributed by atoms with van der Waals surface area (Å²) >= 11 is 0. The Morgan fingerprint density at radius 3 is 3.00 bits per heavy atom. The highest BCUT2D eigenvalue weighted by atomic mass is 19.1. The van der Waals surface area contributed by atoms with E-state index in [0.29, 0.717) is 17.4 Å². The number of hydrogen-bond donors (Lipinski definition) is 1. The summed E-state index contributed by atoms with van der Waals surface area (Å²) in [6, 6.07) is 5.83. The Morgan fingerprint density at radius 2 is 2.30 bits per heavy atom. The van der Waals surface area contributed by atoms with Crippen LogP contribution in [0.2, 0.25) is 0 Å². The fourth-order valence-corrected chi connectivity index (χ4v) is 2.03. The van der Waals surface area contributed by atoms with Crippen LogP contribution in [0.15, 0.2) is 30.6 Å². The second kappa shape index (κ2) is 5.63. The molecule has 0 bridgehead atoms. The first-order valence-corrected chi connectivity index (χ1v) is 6.83. The average Bonchev–Trinajstić information content (AvgIpc) is 3.18. The van der Waals surface area contributed by atoms with Gasteiger partial charge >= 0.3 is 0 Å². The lowest BCUT2D eigenvalue weighted by atomic mass is 10.1.